The summed E-state index contributed by atoms with van der Waals surface area (Å²) in [6.07, 6.45) is 1.89. The van der Waals surface area contributed by atoms with Crippen molar-refractivity contribution < 1.29 is 0 Å². The summed E-state index contributed by atoms with van der Waals surface area (Å²) >= 11 is 5.89. The second-order valence-electron chi connectivity index (χ2n) is 4.10. The molecule has 92 valence electrons. The van der Waals surface area contributed by atoms with Gasteiger partial charge in [-0.1, -0.05) is 54.9 Å². The number of rotatable bonds is 4. The van der Waals surface area contributed by atoms with Crippen molar-refractivity contribution in [2.75, 3.05) is 5.43 Å². The third kappa shape index (κ3) is 3.60. The lowest BCUT2D eigenvalue weighted by molar-refractivity contribution is 1.04. The maximum atomic E-state index is 5.89. The number of hydrogen-bond donors (Lipinski definition) is 1. The van der Waals surface area contributed by atoms with Crippen LogP contribution in [0.5, 0.6) is 0 Å². The molecule has 0 amide bonds. The third-order valence-electron chi connectivity index (χ3n) is 2.64. The van der Waals surface area contributed by atoms with Crippen LogP contribution in [-0.4, -0.2) is 6.21 Å². The van der Waals surface area contributed by atoms with Gasteiger partial charge in [-0.2, -0.15) is 5.10 Å². The highest BCUT2D eigenvalue weighted by Crippen LogP contribution is 2.15. The van der Waals surface area contributed by atoms with E-state index in [1.807, 2.05) is 48.7 Å². The van der Waals surface area contributed by atoms with E-state index in [0.29, 0.717) is 5.02 Å². The molecule has 0 aliphatic heterocycles. The van der Waals surface area contributed by atoms with Gasteiger partial charge in [-0.15, -0.1) is 0 Å². The van der Waals surface area contributed by atoms with Gasteiger partial charge in [-0.05, 0) is 23.8 Å². The standard InChI is InChI=1S/C15H15ClN2/c1-12(13-6-3-2-4-7-13)11-17-18-15-9-5-8-14(16)10-15/h2-12,18H,1H3. The van der Waals surface area contributed by atoms with Crippen LogP contribution in [0.25, 0.3) is 0 Å². The van der Waals surface area contributed by atoms with E-state index in [9.17, 15) is 0 Å². The Kier molecular flexibility index (Phi) is 4.37. The van der Waals surface area contributed by atoms with Gasteiger partial charge >= 0.3 is 0 Å². The molecule has 2 aromatic rings. The van der Waals surface area contributed by atoms with E-state index in [0.717, 1.165) is 5.69 Å². The summed E-state index contributed by atoms with van der Waals surface area (Å²) in [5.74, 6) is 0.276. The number of nitrogens with zero attached hydrogens (tertiary/aromatic N) is 1. The Balaban J connectivity index is 1.96. The lowest BCUT2D eigenvalue weighted by atomic mass is 10.0. The summed E-state index contributed by atoms with van der Waals surface area (Å²) < 4.78 is 0. The second kappa shape index (κ2) is 6.22. The van der Waals surface area contributed by atoms with Crippen LogP contribution in [0, 0.1) is 0 Å². The summed E-state index contributed by atoms with van der Waals surface area (Å²) in [6, 6.07) is 17.8. The highest BCUT2D eigenvalue weighted by molar-refractivity contribution is 6.30. The van der Waals surface area contributed by atoms with Gasteiger partial charge in [0.15, 0.2) is 0 Å². The molecular formula is C15H15ClN2. The molecule has 0 radical (unpaired) electrons. The Labute approximate surface area is 112 Å². The van der Waals surface area contributed by atoms with Crippen LogP contribution < -0.4 is 5.43 Å². The first-order valence-electron chi connectivity index (χ1n) is 5.85. The normalized spacial score (nSPS) is 12.6. The monoisotopic (exact) mass is 258 g/mol. The van der Waals surface area contributed by atoms with E-state index in [2.05, 4.69) is 29.6 Å². The molecule has 0 fully saturated rings. The number of halogens is 1. The number of hydrogen-bond acceptors (Lipinski definition) is 2. The van der Waals surface area contributed by atoms with Gasteiger partial charge in [0.2, 0.25) is 0 Å². The van der Waals surface area contributed by atoms with Gasteiger partial charge in [0, 0.05) is 17.2 Å². The highest BCUT2D eigenvalue weighted by atomic mass is 35.5. The first-order chi connectivity index (χ1) is 8.75. The van der Waals surface area contributed by atoms with E-state index in [4.69, 9.17) is 11.6 Å². The Morgan fingerprint density at radius 1 is 1.11 bits per heavy atom. The first-order valence-corrected chi connectivity index (χ1v) is 6.23. The van der Waals surface area contributed by atoms with Gasteiger partial charge in [-0.25, -0.2) is 0 Å². The average molecular weight is 259 g/mol. The average Bonchev–Trinajstić information content (AvgIpc) is 2.40. The minimum atomic E-state index is 0.276. The Morgan fingerprint density at radius 3 is 2.61 bits per heavy atom. The van der Waals surface area contributed by atoms with Crippen molar-refractivity contribution in [3.63, 3.8) is 0 Å². The van der Waals surface area contributed by atoms with E-state index in [1.54, 1.807) is 0 Å². The summed E-state index contributed by atoms with van der Waals surface area (Å²) in [5.41, 5.74) is 5.10. The Morgan fingerprint density at radius 2 is 1.89 bits per heavy atom. The van der Waals surface area contributed by atoms with Crippen molar-refractivity contribution in [3.8, 4) is 0 Å². The molecule has 3 heteroatoms. The van der Waals surface area contributed by atoms with Crippen molar-refractivity contribution in [1.29, 1.82) is 0 Å². The van der Waals surface area contributed by atoms with Crippen molar-refractivity contribution in [2.45, 2.75) is 12.8 Å². The van der Waals surface area contributed by atoms with E-state index < -0.39 is 0 Å². The van der Waals surface area contributed by atoms with Crippen LogP contribution in [0.1, 0.15) is 18.4 Å². The topological polar surface area (TPSA) is 24.4 Å². The predicted molar refractivity (Wildman–Crippen MR) is 78.4 cm³/mol. The molecule has 0 aliphatic rings. The minimum absolute atomic E-state index is 0.276. The van der Waals surface area contributed by atoms with Gasteiger partial charge in [0.1, 0.15) is 0 Å². The predicted octanol–water partition coefficient (Wildman–Crippen LogP) is 4.54. The van der Waals surface area contributed by atoms with Crippen LogP contribution >= 0.6 is 11.6 Å². The Bertz CT molecular complexity index is 523. The fourth-order valence-corrected chi connectivity index (χ4v) is 1.81. The lowest BCUT2D eigenvalue weighted by Gasteiger charge is -2.06. The largest absolute Gasteiger partial charge is 0.279 e. The van der Waals surface area contributed by atoms with Crippen LogP contribution in [0.15, 0.2) is 59.7 Å². The number of nitrogens with one attached hydrogen (secondary N) is 1. The minimum Gasteiger partial charge on any atom is -0.279 e. The third-order valence-corrected chi connectivity index (χ3v) is 2.88. The summed E-state index contributed by atoms with van der Waals surface area (Å²) in [5, 5.41) is 4.93. The lowest BCUT2D eigenvalue weighted by Crippen LogP contribution is -1.97. The zero-order valence-electron chi connectivity index (χ0n) is 10.2. The highest BCUT2D eigenvalue weighted by Gasteiger charge is 2.00. The van der Waals surface area contributed by atoms with Gasteiger partial charge in [-0.3, -0.25) is 5.43 Å². The van der Waals surface area contributed by atoms with Gasteiger partial charge in [0.25, 0.3) is 0 Å². The fraction of sp³-hybridized carbons (Fsp3) is 0.133. The number of hydrazone groups is 1. The first kappa shape index (κ1) is 12.7. The quantitative estimate of drug-likeness (QED) is 0.632. The van der Waals surface area contributed by atoms with Crippen LogP contribution in [0.2, 0.25) is 5.02 Å². The second-order valence-corrected chi connectivity index (χ2v) is 4.54. The molecule has 2 rings (SSSR count). The number of benzene rings is 2. The zero-order valence-corrected chi connectivity index (χ0v) is 10.9. The van der Waals surface area contributed by atoms with Crippen LogP contribution in [0.4, 0.5) is 5.69 Å². The molecular weight excluding hydrogens is 244 g/mol. The molecule has 2 aromatic carbocycles. The number of anilines is 1. The smallest absolute Gasteiger partial charge is 0.0576 e. The molecule has 1 unspecified atom stereocenters. The molecule has 0 heterocycles. The summed E-state index contributed by atoms with van der Waals surface area (Å²) in [4.78, 5) is 0. The molecule has 0 saturated carbocycles. The summed E-state index contributed by atoms with van der Waals surface area (Å²) in [6.45, 7) is 2.11. The van der Waals surface area contributed by atoms with Crippen molar-refractivity contribution in [1.82, 2.24) is 0 Å². The van der Waals surface area contributed by atoms with E-state index in [1.165, 1.54) is 5.56 Å². The molecule has 1 atom stereocenters. The summed E-state index contributed by atoms with van der Waals surface area (Å²) in [7, 11) is 0. The molecule has 1 N–H and O–H groups in total. The van der Waals surface area contributed by atoms with Crippen molar-refractivity contribution >= 4 is 23.5 Å². The molecule has 0 spiro atoms. The zero-order chi connectivity index (χ0) is 12.8. The maximum Gasteiger partial charge on any atom is 0.0576 e. The van der Waals surface area contributed by atoms with Crippen molar-refractivity contribution in [3.05, 3.63) is 65.2 Å². The molecule has 0 saturated heterocycles. The van der Waals surface area contributed by atoms with E-state index in [-0.39, 0.29) is 5.92 Å². The molecule has 0 bridgehead atoms. The van der Waals surface area contributed by atoms with Crippen LogP contribution in [-0.2, 0) is 0 Å². The molecule has 0 aromatic heterocycles. The molecule has 2 nitrogen and oxygen atoms in total. The Hall–Kier alpha value is -1.80. The van der Waals surface area contributed by atoms with E-state index >= 15 is 0 Å². The van der Waals surface area contributed by atoms with Gasteiger partial charge in [0.05, 0.1) is 5.69 Å². The maximum absolute atomic E-state index is 5.89. The molecule has 18 heavy (non-hydrogen) atoms. The van der Waals surface area contributed by atoms with Crippen LogP contribution in [0.3, 0.4) is 0 Å². The SMILES string of the molecule is CC(C=NNc1cccc(Cl)c1)c1ccccc1. The van der Waals surface area contributed by atoms with Crippen molar-refractivity contribution in [2.24, 2.45) is 5.10 Å². The van der Waals surface area contributed by atoms with Gasteiger partial charge < -0.3 is 0 Å². The fourth-order valence-electron chi connectivity index (χ4n) is 1.62. The molecule has 0 aliphatic carbocycles.